The van der Waals surface area contributed by atoms with Crippen molar-refractivity contribution in [2.75, 3.05) is 57.0 Å². The predicted molar refractivity (Wildman–Crippen MR) is 157 cm³/mol. The van der Waals surface area contributed by atoms with Crippen molar-refractivity contribution in [3.8, 4) is 11.5 Å². The van der Waals surface area contributed by atoms with Crippen LogP contribution in [0.3, 0.4) is 0 Å². The molecule has 0 unspecified atom stereocenters. The maximum absolute atomic E-state index is 13.4. The number of halogens is 1. The Morgan fingerprint density at radius 2 is 1.41 bits per heavy atom. The van der Waals surface area contributed by atoms with Crippen LogP contribution < -0.4 is 19.5 Å². The summed E-state index contributed by atoms with van der Waals surface area (Å²) < 4.78 is 66.9. The number of amides is 1. The number of carbonyl (C=O) groups is 1. The number of benzene rings is 3. The molecule has 14 heteroatoms. The van der Waals surface area contributed by atoms with Gasteiger partial charge in [0.25, 0.3) is 15.9 Å². The molecule has 3 aromatic carbocycles. The van der Waals surface area contributed by atoms with Gasteiger partial charge in [0.05, 0.1) is 35.3 Å². The molecule has 0 atom stereocenters. The number of sulfonamides is 2. The fourth-order valence-electron chi connectivity index (χ4n) is 4.31. The number of likely N-dealkylation sites (N-methyl/N-ethyl adjacent to an activating group) is 1. The van der Waals surface area contributed by atoms with E-state index in [-0.39, 0.29) is 32.5 Å². The van der Waals surface area contributed by atoms with Gasteiger partial charge in [-0.25, -0.2) is 16.8 Å². The van der Waals surface area contributed by atoms with E-state index >= 15 is 0 Å². The van der Waals surface area contributed by atoms with Crippen LogP contribution in [-0.2, 0) is 20.0 Å². The topological polar surface area (TPSA) is 134 Å². The highest BCUT2D eigenvalue weighted by Gasteiger charge is 2.28. The lowest BCUT2D eigenvalue weighted by Crippen LogP contribution is -2.48. The zero-order valence-corrected chi connectivity index (χ0v) is 25.1. The average molecular weight is 623 g/mol. The van der Waals surface area contributed by atoms with Crippen molar-refractivity contribution < 1.29 is 31.1 Å². The van der Waals surface area contributed by atoms with Gasteiger partial charge in [-0.1, -0.05) is 18.5 Å². The molecule has 0 radical (unpaired) electrons. The Balaban J connectivity index is 1.58. The zero-order chi connectivity index (χ0) is 29.8. The van der Waals surface area contributed by atoms with Crippen molar-refractivity contribution in [1.82, 2.24) is 9.21 Å². The van der Waals surface area contributed by atoms with E-state index in [1.807, 2.05) is 6.92 Å². The molecular formula is C27H31ClN4O7S2. The summed E-state index contributed by atoms with van der Waals surface area (Å²) in [5.41, 5.74) is 0.206. The van der Waals surface area contributed by atoms with Gasteiger partial charge in [0.15, 0.2) is 11.5 Å². The third kappa shape index (κ3) is 6.93. The molecule has 2 N–H and O–H groups in total. The number of piperazine rings is 1. The fourth-order valence-corrected chi connectivity index (χ4v) is 6.93. The van der Waals surface area contributed by atoms with Crippen LogP contribution in [0.15, 0.2) is 70.5 Å². The van der Waals surface area contributed by atoms with Crippen LogP contribution in [0.4, 0.5) is 11.4 Å². The quantitative estimate of drug-likeness (QED) is 0.349. The number of hydrogen-bond donors (Lipinski definition) is 2. The van der Waals surface area contributed by atoms with Crippen LogP contribution >= 0.6 is 11.6 Å². The molecule has 11 nitrogen and oxygen atoms in total. The van der Waals surface area contributed by atoms with E-state index < -0.39 is 26.0 Å². The second-order valence-corrected chi connectivity index (χ2v) is 13.2. The number of hydrogen-bond acceptors (Lipinski definition) is 8. The molecular weight excluding hydrogens is 592 g/mol. The van der Waals surface area contributed by atoms with Crippen molar-refractivity contribution in [2.24, 2.45) is 0 Å². The number of nitrogens with one attached hydrogen (secondary N) is 2. The van der Waals surface area contributed by atoms with Crippen LogP contribution in [-0.4, -0.2) is 78.9 Å². The minimum Gasteiger partial charge on any atom is -0.493 e. The highest BCUT2D eigenvalue weighted by atomic mass is 35.5. The molecule has 220 valence electrons. The minimum absolute atomic E-state index is 0.0503. The van der Waals surface area contributed by atoms with Gasteiger partial charge in [0, 0.05) is 43.0 Å². The molecule has 1 aliphatic heterocycles. The van der Waals surface area contributed by atoms with Gasteiger partial charge in [-0.15, -0.1) is 0 Å². The number of anilines is 2. The molecule has 0 saturated carbocycles. The van der Waals surface area contributed by atoms with Crippen molar-refractivity contribution in [3.05, 3.63) is 71.2 Å². The highest BCUT2D eigenvalue weighted by molar-refractivity contribution is 7.92. The first-order chi connectivity index (χ1) is 19.5. The SMILES string of the molecule is CCN1CCN(S(=O)(=O)c2ccc(NC(=O)c3cc(OC)c(OC)cc3NS(=O)(=O)c3ccc(Cl)cc3)cc2)CC1. The Hall–Kier alpha value is -3.36. The van der Waals surface area contributed by atoms with E-state index in [4.69, 9.17) is 21.1 Å². The fraction of sp³-hybridized carbons (Fsp3) is 0.296. The minimum atomic E-state index is -4.10. The molecule has 1 heterocycles. The van der Waals surface area contributed by atoms with Crippen LogP contribution in [0.2, 0.25) is 5.02 Å². The molecule has 0 aromatic heterocycles. The van der Waals surface area contributed by atoms with E-state index in [1.54, 1.807) is 0 Å². The maximum atomic E-state index is 13.4. The molecule has 4 rings (SSSR count). The molecule has 1 saturated heterocycles. The number of ether oxygens (including phenoxy) is 2. The van der Waals surface area contributed by atoms with Gasteiger partial charge in [-0.3, -0.25) is 9.52 Å². The maximum Gasteiger partial charge on any atom is 0.261 e. The van der Waals surface area contributed by atoms with Crippen LogP contribution in [0.1, 0.15) is 17.3 Å². The van der Waals surface area contributed by atoms with Crippen LogP contribution in [0, 0.1) is 0 Å². The highest BCUT2D eigenvalue weighted by Crippen LogP contribution is 2.35. The summed E-state index contributed by atoms with van der Waals surface area (Å²) in [4.78, 5) is 15.6. The smallest absolute Gasteiger partial charge is 0.261 e. The summed E-state index contributed by atoms with van der Waals surface area (Å²) in [7, 11) is -5.02. The molecule has 41 heavy (non-hydrogen) atoms. The van der Waals surface area contributed by atoms with Gasteiger partial charge >= 0.3 is 0 Å². The monoisotopic (exact) mass is 622 g/mol. The second kappa shape index (κ2) is 12.7. The molecule has 1 aliphatic rings. The third-order valence-electron chi connectivity index (χ3n) is 6.67. The van der Waals surface area contributed by atoms with Gasteiger partial charge in [-0.05, 0) is 61.1 Å². The number of carbonyl (C=O) groups excluding carboxylic acids is 1. The Morgan fingerprint density at radius 1 is 0.854 bits per heavy atom. The normalized spacial score (nSPS) is 14.8. The third-order valence-corrected chi connectivity index (χ3v) is 10.2. The van der Waals surface area contributed by atoms with E-state index in [0.29, 0.717) is 36.9 Å². The summed E-state index contributed by atoms with van der Waals surface area (Å²) in [6, 6.07) is 14.1. The Morgan fingerprint density at radius 3 is 1.98 bits per heavy atom. The molecule has 1 amide bonds. The molecule has 3 aromatic rings. The lowest BCUT2D eigenvalue weighted by molar-refractivity contribution is 0.102. The molecule has 0 aliphatic carbocycles. The van der Waals surface area contributed by atoms with Gasteiger partial charge in [0.2, 0.25) is 10.0 Å². The van der Waals surface area contributed by atoms with Gasteiger partial charge < -0.3 is 19.7 Å². The largest absolute Gasteiger partial charge is 0.493 e. The summed E-state index contributed by atoms with van der Waals surface area (Å²) in [6.07, 6.45) is 0. The van der Waals surface area contributed by atoms with E-state index in [0.717, 1.165) is 6.54 Å². The van der Waals surface area contributed by atoms with Gasteiger partial charge in [0.1, 0.15) is 0 Å². The lowest BCUT2D eigenvalue weighted by Gasteiger charge is -2.33. The summed E-state index contributed by atoms with van der Waals surface area (Å²) in [6.45, 7) is 5.05. The molecule has 1 fully saturated rings. The van der Waals surface area contributed by atoms with Gasteiger partial charge in [-0.2, -0.15) is 4.31 Å². The Bertz CT molecular complexity index is 1610. The summed E-state index contributed by atoms with van der Waals surface area (Å²) >= 11 is 5.89. The predicted octanol–water partition coefficient (Wildman–Crippen LogP) is 3.74. The number of methoxy groups -OCH3 is 2. The van der Waals surface area contributed by atoms with E-state index in [9.17, 15) is 21.6 Å². The Kier molecular flexibility index (Phi) is 9.44. The van der Waals surface area contributed by atoms with Crippen molar-refractivity contribution in [1.29, 1.82) is 0 Å². The standard InChI is InChI=1S/C27H31ClN4O7S2/c1-4-31-13-15-32(16-14-31)41(36,37)22-11-7-20(8-12-22)29-27(33)23-17-25(38-2)26(39-3)18-24(23)30-40(34,35)21-9-5-19(28)6-10-21/h5-12,17-18,30H,4,13-16H2,1-3H3,(H,29,33). The van der Waals surface area contributed by atoms with Crippen LogP contribution in [0.25, 0.3) is 0 Å². The lowest BCUT2D eigenvalue weighted by atomic mass is 10.1. The second-order valence-electron chi connectivity index (χ2n) is 9.13. The summed E-state index contributed by atoms with van der Waals surface area (Å²) in [5, 5.41) is 3.06. The van der Waals surface area contributed by atoms with Crippen molar-refractivity contribution in [2.45, 2.75) is 16.7 Å². The summed E-state index contributed by atoms with van der Waals surface area (Å²) in [5.74, 6) is -0.255. The average Bonchev–Trinajstić information content (AvgIpc) is 2.97. The van der Waals surface area contributed by atoms with Crippen molar-refractivity contribution >= 4 is 48.9 Å². The Labute approximate surface area is 245 Å². The van der Waals surface area contributed by atoms with Crippen molar-refractivity contribution in [3.63, 3.8) is 0 Å². The first kappa shape index (κ1) is 30.6. The van der Waals surface area contributed by atoms with Crippen LogP contribution in [0.5, 0.6) is 11.5 Å². The van der Waals surface area contributed by atoms with E-state index in [2.05, 4.69) is 14.9 Å². The molecule has 0 spiro atoms. The first-order valence-corrected chi connectivity index (χ1v) is 16.0. The number of nitrogens with zero attached hydrogens (tertiary/aromatic N) is 2. The molecule has 0 bridgehead atoms. The first-order valence-electron chi connectivity index (χ1n) is 12.7. The number of rotatable bonds is 10. The van der Waals surface area contributed by atoms with E-state index in [1.165, 1.54) is 79.2 Å². The zero-order valence-electron chi connectivity index (χ0n) is 22.8.